The van der Waals surface area contributed by atoms with Crippen LogP contribution in [0.25, 0.3) is 0 Å². The molecule has 1 saturated carbocycles. The average Bonchev–Trinajstić information content (AvgIpc) is 2.44. The molecule has 2 aliphatic rings. The molecule has 102 valence electrons. The lowest BCUT2D eigenvalue weighted by Crippen LogP contribution is -2.50. The number of ketones is 1. The largest absolute Gasteiger partial charge is 0.392 e. The highest BCUT2D eigenvalue weighted by Gasteiger charge is 2.57. The molecule has 0 aliphatic heterocycles. The fourth-order valence-corrected chi connectivity index (χ4v) is 3.85. The lowest BCUT2D eigenvalue weighted by atomic mass is 9.64. The Labute approximate surface area is 109 Å². The highest BCUT2D eigenvalue weighted by atomic mass is 16.3. The third-order valence-electron chi connectivity index (χ3n) is 4.88. The second kappa shape index (κ2) is 3.67. The summed E-state index contributed by atoms with van der Waals surface area (Å²) in [5.41, 5.74) is -0.181. The fourth-order valence-electron chi connectivity index (χ4n) is 3.85. The van der Waals surface area contributed by atoms with Crippen molar-refractivity contribution in [3.63, 3.8) is 0 Å². The van der Waals surface area contributed by atoms with E-state index in [1.54, 1.807) is 20.8 Å². The van der Waals surface area contributed by atoms with Crippen LogP contribution in [0.1, 0.15) is 53.9 Å². The molecular formula is C15H24O3. The maximum absolute atomic E-state index is 12.5. The van der Waals surface area contributed by atoms with Gasteiger partial charge in [-0.15, -0.1) is 0 Å². The van der Waals surface area contributed by atoms with E-state index in [9.17, 15) is 15.0 Å². The minimum Gasteiger partial charge on any atom is -0.392 e. The van der Waals surface area contributed by atoms with E-state index in [2.05, 4.69) is 13.8 Å². The molecule has 0 bridgehead atoms. The molecule has 2 aliphatic carbocycles. The Hall–Kier alpha value is -0.670. The monoisotopic (exact) mass is 252 g/mol. The molecule has 3 heteroatoms. The van der Waals surface area contributed by atoms with Crippen molar-refractivity contribution in [1.29, 1.82) is 0 Å². The number of hydrogen-bond acceptors (Lipinski definition) is 3. The Morgan fingerprint density at radius 3 is 2.28 bits per heavy atom. The Morgan fingerprint density at radius 2 is 1.78 bits per heavy atom. The zero-order chi connectivity index (χ0) is 13.9. The second-order valence-corrected chi connectivity index (χ2v) is 7.25. The first-order chi connectivity index (χ1) is 8.02. The van der Waals surface area contributed by atoms with Gasteiger partial charge in [-0.25, -0.2) is 0 Å². The summed E-state index contributed by atoms with van der Waals surface area (Å²) in [4.78, 5) is 12.5. The molecule has 0 spiro atoms. The van der Waals surface area contributed by atoms with Crippen LogP contribution < -0.4 is 0 Å². The van der Waals surface area contributed by atoms with E-state index in [1.807, 2.05) is 0 Å². The van der Waals surface area contributed by atoms with Gasteiger partial charge in [0.25, 0.3) is 0 Å². The van der Waals surface area contributed by atoms with E-state index in [0.29, 0.717) is 18.4 Å². The lowest BCUT2D eigenvalue weighted by molar-refractivity contribution is -0.137. The van der Waals surface area contributed by atoms with Crippen LogP contribution in [0.4, 0.5) is 0 Å². The van der Waals surface area contributed by atoms with Gasteiger partial charge in [0.05, 0.1) is 17.1 Å². The van der Waals surface area contributed by atoms with Gasteiger partial charge in [-0.05, 0) is 56.6 Å². The fraction of sp³-hybridized carbons (Fsp3) is 0.800. The quantitative estimate of drug-likeness (QED) is 0.752. The molecule has 18 heavy (non-hydrogen) atoms. The third-order valence-corrected chi connectivity index (χ3v) is 4.88. The minimum atomic E-state index is -0.909. The van der Waals surface area contributed by atoms with Gasteiger partial charge >= 0.3 is 0 Å². The Balaban J connectivity index is 2.54. The summed E-state index contributed by atoms with van der Waals surface area (Å²) in [5, 5.41) is 20.8. The number of allylic oxidation sites excluding steroid dienone is 1. The van der Waals surface area contributed by atoms with E-state index < -0.39 is 17.1 Å². The molecule has 0 amide bonds. The number of aliphatic hydroxyl groups excluding tert-OH is 1. The van der Waals surface area contributed by atoms with Crippen LogP contribution >= 0.6 is 0 Å². The highest BCUT2D eigenvalue weighted by molar-refractivity contribution is 6.02. The number of hydrogen-bond donors (Lipinski definition) is 2. The molecule has 2 N–H and O–H groups in total. The molecule has 1 fully saturated rings. The first-order valence-electron chi connectivity index (χ1n) is 6.67. The average molecular weight is 252 g/mol. The summed E-state index contributed by atoms with van der Waals surface area (Å²) in [6, 6.07) is 0. The van der Waals surface area contributed by atoms with Gasteiger partial charge in [0.1, 0.15) is 0 Å². The molecule has 3 atom stereocenters. The molecule has 0 saturated heterocycles. The molecule has 0 radical (unpaired) electrons. The van der Waals surface area contributed by atoms with Gasteiger partial charge in [-0.3, -0.25) is 4.79 Å². The maximum Gasteiger partial charge on any atom is 0.167 e. The van der Waals surface area contributed by atoms with Crippen LogP contribution in [0.2, 0.25) is 0 Å². The summed E-state index contributed by atoms with van der Waals surface area (Å²) >= 11 is 0. The number of aliphatic hydroxyl groups is 2. The minimum absolute atomic E-state index is 0.00475. The van der Waals surface area contributed by atoms with Crippen molar-refractivity contribution in [3.8, 4) is 0 Å². The number of Topliss-reactive ketones (excluding diaryl/α,β-unsaturated/α-hetero) is 1. The molecule has 3 nitrogen and oxygen atoms in total. The van der Waals surface area contributed by atoms with Gasteiger partial charge in [0.2, 0.25) is 0 Å². The van der Waals surface area contributed by atoms with Gasteiger partial charge in [0, 0.05) is 0 Å². The SMILES string of the molecule is CC1=C2CC(C)(C)C[C@]2(O)C[C@](C)([C@H](C)O)C1=O. The van der Waals surface area contributed by atoms with Crippen LogP contribution in [0.5, 0.6) is 0 Å². The summed E-state index contributed by atoms with van der Waals surface area (Å²) in [6.45, 7) is 9.44. The van der Waals surface area contributed by atoms with Crippen LogP contribution in [-0.4, -0.2) is 27.7 Å². The van der Waals surface area contributed by atoms with E-state index >= 15 is 0 Å². The van der Waals surface area contributed by atoms with Crippen molar-refractivity contribution < 1.29 is 15.0 Å². The zero-order valence-electron chi connectivity index (χ0n) is 12.0. The van der Waals surface area contributed by atoms with Gasteiger partial charge in [0.15, 0.2) is 5.78 Å². The number of fused-ring (bicyclic) bond motifs is 1. The van der Waals surface area contributed by atoms with E-state index in [1.165, 1.54) is 0 Å². The van der Waals surface area contributed by atoms with Crippen LogP contribution in [0.15, 0.2) is 11.1 Å². The number of carbonyl (C=O) groups excluding carboxylic acids is 1. The topological polar surface area (TPSA) is 57.5 Å². The van der Waals surface area contributed by atoms with Crippen molar-refractivity contribution in [2.45, 2.75) is 65.6 Å². The molecule has 0 aromatic carbocycles. The molecule has 0 aromatic heterocycles. The molecule has 0 heterocycles. The van der Waals surface area contributed by atoms with E-state index in [0.717, 1.165) is 12.0 Å². The zero-order valence-corrected chi connectivity index (χ0v) is 12.0. The third kappa shape index (κ3) is 1.76. The van der Waals surface area contributed by atoms with Crippen molar-refractivity contribution in [1.82, 2.24) is 0 Å². The lowest BCUT2D eigenvalue weighted by Gasteiger charge is -2.43. The molecule has 0 unspecified atom stereocenters. The summed E-state index contributed by atoms with van der Waals surface area (Å²) in [5.74, 6) is -0.00475. The first kappa shape index (κ1) is 13.8. The van der Waals surface area contributed by atoms with E-state index in [4.69, 9.17) is 0 Å². The Kier molecular flexibility index (Phi) is 2.81. The van der Waals surface area contributed by atoms with Crippen LogP contribution in [0, 0.1) is 10.8 Å². The van der Waals surface area contributed by atoms with Gasteiger partial charge in [-0.2, -0.15) is 0 Å². The van der Waals surface area contributed by atoms with Crippen LogP contribution in [0.3, 0.4) is 0 Å². The van der Waals surface area contributed by atoms with Crippen molar-refractivity contribution in [3.05, 3.63) is 11.1 Å². The van der Waals surface area contributed by atoms with Gasteiger partial charge in [-0.1, -0.05) is 13.8 Å². The van der Waals surface area contributed by atoms with Crippen molar-refractivity contribution in [2.24, 2.45) is 10.8 Å². The smallest absolute Gasteiger partial charge is 0.167 e. The first-order valence-corrected chi connectivity index (χ1v) is 6.67. The highest BCUT2D eigenvalue weighted by Crippen LogP contribution is 2.56. The normalized spacial score (nSPS) is 40.9. The number of rotatable bonds is 1. The summed E-state index contributed by atoms with van der Waals surface area (Å²) < 4.78 is 0. The maximum atomic E-state index is 12.5. The Morgan fingerprint density at radius 1 is 1.22 bits per heavy atom. The van der Waals surface area contributed by atoms with Crippen LogP contribution in [-0.2, 0) is 4.79 Å². The molecule has 2 rings (SSSR count). The second-order valence-electron chi connectivity index (χ2n) is 7.25. The molecular weight excluding hydrogens is 228 g/mol. The predicted molar refractivity (Wildman–Crippen MR) is 70.1 cm³/mol. The van der Waals surface area contributed by atoms with E-state index in [-0.39, 0.29) is 11.2 Å². The molecule has 0 aromatic rings. The number of carbonyl (C=O) groups is 1. The van der Waals surface area contributed by atoms with Crippen molar-refractivity contribution in [2.75, 3.05) is 0 Å². The van der Waals surface area contributed by atoms with Crippen molar-refractivity contribution >= 4 is 5.78 Å². The predicted octanol–water partition coefficient (Wildman–Crippen LogP) is 2.21. The standard InChI is InChI=1S/C15H24O3/c1-9-11-6-13(3,4)7-15(11,18)8-14(5,10(2)16)12(9)17/h10,16,18H,6-8H2,1-5H3/t10-,14+,15-/m0/s1. The summed E-state index contributed by atoms with van der Waals surface area (Å²) in [6.07, 6.45) is 1.04. The van der Waals surface area contributed by atoms with Gasteiger partial charge < -0.3 is 10.2 Å². The summed E-state index contributed by atoms with van der Waals surface area (Å²) in [7, 11) is 0. The Bertz CT molecular complexity index is 433.